The van der Waals surface area contributed by atoms with Gasteiger partial charge in [0.2, 0.25) is 0 Å². The van der Waals surface area contributed by atoms with E-state index in [1.54, 1.807) is 43.3 Å². The highest BCUT2D eigenvalue weighted by Crippen LogP contribution is 2.26. The first-order valence-electron chi connectivity index (χ1n) is 10.3. The van der Waals surface area contributed by atoms with E-state index in [9.17, 15) is 13.2 Å². The maximum absolute atomic E-state index is 13.0. The lowest BCUT2D eigenvalue weighted by Crippen LogP contribution is -2.42. The fraction of sp³-hybridized carbons (Fsp3) is 0.435. The molecule has 162 valence electrons. The number of nitrogens with one attached hydrogen (secondary N) is 1. The van der Waals surface area contributed by atoms with E-state index in [1.165, 1.54) is 6.07 Å². The number of hydrogen-bond donors (Lipinski definition) is 1. The molecule has 1 aliphatic heterocycles. The van der Waals surface area contributed by atoms with Gasteiger partial charge >= 0.3 is 0 Å². The van der Waals surface area contributed by atoms with Crippen LogP contribution >= 0.6 is 0 Å². The van der Waals surface area contributed by atoms with Crippen LogP contribution in [0.2, 0.25) is 0 Å². The minimum Gasteiger partial charge on any atom is -0.494 e. The molecule has 2 atom stereocenters. The van der Waals surface area contributed by atoms with E-state index in [4.69, 9.17) is 4.74 Å². The SMILES string of the molecule is CCOc1ccc(NS(=O)(=O)c2cc(C(=O)N3CC(C)CC(C)C3)ccc2C)cc1. The highest BCUT2D eigenvalue weighted by Gasteiger charge is 2.27. The zero-order valence-corrected chi connectivity index (χ0v) is 18.8. The Balaban J connectivity index is 1.83. The molecule has 30 heavy (non-hydrogen) atoms. The van der Waals surface area contributed by atoms with Crippen LogP contribution in [0.25, 0.3) is 0 Å². The number of ether oxygens (including phenoxy) is 1. The van der Waals surface area contributed by atoms with Crippen LogP contribution in [0.5, 0.6) is 5.75 Å². The monoisotopic (exact) mass is 430 g/mol. The molecule has 0 saturated carbocycles. The number of carbonyl (C=O) groups excluding carboxylic acids is 1. The molecule has 0 radical (unpaired) electrons. The number of hydrogen-bond acceptors (Lipinski definition) is 4. The summed E-state index contributed by atoms with van der Waals surface area (Å²) < 4.78 is 34.0. The summed E-state index contributed by atoms with van der Waals surface area (Å²) in [7, 11) is -3.84. The largest absolute Gasteiger partial charge is 0.494 e. The Morgan fingerprint density at radius 2 is 1.73 bits per heavy atom. The van der Waals surface area contributed by atoms with Gasteiger partial charge in [-0.05, 0) is 74.1 Å². The lowest BCUT2D eigenvalue weighted by atomic mass is 9.91. The topological polar surface area (TPSA) is 75.7 Å². The molecule has 6 nitrogen and oxygen atoms in total. The van der Waals surface area contributed by atoms with Crippen molar-refractivity contribution >= 4 is 21.6 Å². The Labute approximate surface area is 179 Å². The molecular weight excluding hydrogens is 400 g/mol. The molecule has 1 N–H and O–H groups in total. The van der Waals surface area contributed by atoms with Crippen LogP contribution in [0.15, 0.2) is 47.4 Å². The van der Waals surface area contributed by atoms with E-state index in [-0.39, 0.29) is 10.8 Å². The van der Waals surface area contributed by atoms with Crippen LogP contribution < -0.4 is 9.46 Å². The van der Waals surface area contributed by atoms with Crippen LogP contribution in [0.4, 0.5) is 5.69 Å². The maximum Gasteiger partial charge on any atom is 0.262 e. The Hall–Kier alpha value is -2.54. The first-order chi connectivity index (χ1) is 14.2. The van der Waals surface area contributed by atoms with E-state index in [0.717, 1.165) is 6.42 Å². The van der Waals surface area contributed by atoms with E-state index in [1.807, 2.05) is 11.8 Å². The van der Waals surface area contributed by atoms with Crippen LogP contribution in [-0.2, 0) is 10.0 Å². The zero-order chi connectivity index (χ0) is 21.9. The van der Waals surface area contributed by atoms with Crippen LogP contribution in [-0.4, -0.2) is 38.9 Å². The van der Waals surface area contributed by atoms with Gasteiger partial charge in [0.25, 0.3) is 15.9 Å². The van der Waals surface area contributed by atoms with Crippen molar-refractivity contribution in [3.8, 4) is 5.75 Å². The fourth-order valence-corrected chi connectivity index (χ4v) is 5.36. The molecule has 2 aromatic rings. The molecule has 3 rings (SSSR count). The van der Waals surface area contributed by atoms with Crippen molar-refractivity contribution < 1.29 is 17.9 Å². The summed E-state index contributed by atoms with van der Waals surface area (Å²) in [4.78, 5) is 15.0. The molecule has 0 bridgehead atoms. The van der Waals surface area contributed by atoms with Crippen LogP contribution in [0.3, 0.4) is 0 Å². The van der Waals surface area contributed by atoms with Crippen molar-refractivity contribution in [1.82, 2.24) is 4.90 Å². The lowest BCUT2D eigenvalue weighted by molar-refractivity contribution is 0.0623. The number of anilines is 1. The Bertz CT molecular complexity index is 992. The Kier molecular flexibility index (Phi) is 6.71. The molecule has 0 aromatic heterocycles. The minimum absolute atomic E-state index is 0.111. The van der Waals surface area contributed by atoms with E-state index >= 15 is 0 Å². The third-order valence-corrected chi connectivity index (χ3v) is 6.82. The molecule has 1 amide bonds. The summed E-state index contributed by atoms with van der Waals surface area (Å²) in [5, 5.41) is 0. The predicted octanol–water partition coefficient (Wildman–Crippen LogP) is 4.31. The molecule has 1 saturated heterocycles. The normalized spacial score (nSPS) is 19.4. The summed E-state index contributed by atoms with van der Waals surface area (Å²) in [6.45, 7) is 9.83. The number of carbonyl (C=O) groups is 1. The van der Waals surface area contributed by atoms with Crippen molar-refractivity contribution in [1.29, 1.82) is 0 Å². The number of nitrogens with zero attached hydrogens (tertiary/aromatic N) is 1. The predicted molar refractivity (Wildman–Crippen MR) is 118 cm³/mol. The first kappa shape index (κ1) is 22.2. The second-order valence-electron chi connectivity index (χ2n) is 8.20. The first-order valence-corrected chi connectivity index (χ1v) is 11.8. The summed E-state index contributed by atoms with van der Waals surface area (Å²) in [6.07, 6.45) is 1.10. The van der Waals surface area contributed by atoms with Gasteiger partial charge < -0.3 is 9.64 Å². The standard InChI is InChI=1S/C23H30N2O4S/c1-5-29-21-10-8-20(9-11-21)24-30(27,28)22-13-19(7-6-18(22)4)23(26)25-14-16(2)12-17(3)15-25/h6-11,13,16-17,24H,5,12,14-15H2,1-4H3. The molecule has 1 heterocycles. The number of rotatable bonds is 6. The third-order valence-electron chi connectivity index (χ3n) is 5.30. The van der Waals surface area contributed by atoms with Crippen molar-refractivity contribution in [3.05, 3.63) is 53.6 Å². The van der Waals surface area contributed by atoms with Gasteiger partial charge in [0.15, 0.2) is 0 Å². The van der Waals surface area contributed by atoms with Gasteiger partial charge in [-0.2, -0.15) is 0 Å². The van der Waals surface area contributed by atoms with Crippen molar-refractivity contribution in [3.63, 3.8) is 0 Å². The minimum atomic E-state index is -3.84. The number of piperidine rings is 1. The van der Waals surface area contributed by atoms with Gasteiger partial charge in [0.1, 0.15) is 5.75 Å². The highest BCUT2D eigenvalue weighted by molar-refractivity contribution is 7.92. The van der Waals surface area contributed by atoms with Crippen molar-refractivity contribution in [2.45, 2.75) is 39.0 Å². The van der Waals surface area contributed by atoms with Gasteiger partial charge in [-0.25, -0.2) is 8.42 Å². The maximum atomic E-state index is 13.0. The number of benzene rings is 2. The molecule has 2 unspecified atom stereocenters. The second kappa shape index (κ2) is 9.08. The highest BCUT2D eigenvalue weighted by atomic mass is 32.2. The fourth-order valence-electron chi connectivity index (χ4n) is 4.03. The lowest BCUT2D eigenvalue weighted by Gasteiger charge is -2.35. The summed E-state index contributed by atoms with van der Waals surface area (Å²) >= 11 is 0. The smallest absolute Gasteiger partial charge is 0.262 e. The second-order valence-corrected chi connectivity index (χ2v) is 9.85. The van der Waals surface area contributed by atoms with Crippen LogP contribution in [0.1, 0.15) is 43.1 Å². The molecule has 2 aromatic carbocycles. The summed E-state index contributed by atoms with van der Waals surface area (Å²) in [5.74, 6) is 1.43. The molecule has 0 spiro atoms. The average molecular weight is 431 g/mol. The molecule has 0 aliphatic carbocycles. The molecular formula is C23H30N2O4S. The average Bonchev–Trinajstić information content (AvgIpc) is 2.68. The van der Waals surface area contributed by atoms with Gasteiger partial charge in [-0.15, -0.1) is 0 Å². The van der Waals surface area contributed by atoms with E-state index < -0.39 is 10.0 Å². The summed E-state index contributed by atoms with van der Waals surface area (Å²) in [5.41, 5.74) is 1.42. The van der Waals surface area contributed by atoms with Gasteiger partial charge in [0, 0.05) is 24.3 Å². The Morgan fingerprint density at radius 3 is 2.33 bits per heavy atom. The van der Waals surface area contributed by atoms with Crippen molar-refractivity contribution in [2.75, 3.05) is 24.4 Å². The van der Waals surface area contributed by atoms with Crippen LogP contribution in [0, 0.1) is 18.8 Å². The molecule has 1 aliphatic rings. The zero-order valence-electron chi connectivity index (χ0n) is 18.0. The number of aryl methyl sites for hydroxylation is 1. The number of likely N-dealkylation sites (tertiary alicyclic amines) is 1. The van der Waals surface area contributed by atoms with E-state index in [0.29, 0.717) is 54.1 Å². The number of sulfonamides is 1. The molecule has 7 heteroatoms. The quantitative estimate of drug-likeness (QED) is 0.741. The van der Waals surface area contributed by atoms with Gasteiger partial charge in [0.05, 0.1) is 11.5 Å². The molecule has 1 fully saturated rings. The van der Waals surface area contributed by atoms with Gasteiger partial charge in [-0.1, -0.05) is 19.9 Å². The summed E-state index contributed by atoms with van der Waals surface area (Å²) in [6, 6.07) is 11.6. The third kappa shape index (κ3) is 5.14. The number of amides is 1. The van der Waals surface area contributed by atoms with Crippen molar-refractivity contribution in [2.24, 2.45) is 11.8 Å². The van der Waals surface area contributed by atoms with Gasteiger partial charge in [-0.3, -0.25) is 9.52 Å². The Morgan fingerprint density at radius 1 is 1.10 bits per heavy atom. The van der Waals surface area contributed by atoms with E-state index in [2.05, 4.69) is 18.6 Å².